The van der Waals surface area contributed by atoms with Crippen molar-refractivity contribution in [3.8, 4) is 0 Å². The van der Waals surface area contributed by atoms with Crippen molar-refractivity contribution in [2.24, 2.45) is 5.92 Å². The summed E-state index contributed by atoms with van der Waals surface area (Å²) in [6.07, 6.45) is 1.67. The number of hydrogen-bond donors (Lipinski definition) is 1. The number of aromatic nitrogens is 3. The molecule has 1 heterocycles. The van der Waals surface area contributed by atoms with Crippen LogP contribution < -0.4 is 0 Å². The Labute approximate surface area is 89.1 Å². The van der Waals surface area contributed by atoms with E-state index in [1.807, 2.05) is 6.92 Å². The molecule has 1 aromatic rings. The maximum Gasteiger partial charge on any atom is 0.358 e. The maximum atomic E-state index is 10.9. The SMILES string of the molecule is CCn1nnc(C(=O)O)c1CCC(C)C. The lowest BCUT2D eigenvalue weighted by molar-refractivity contribution is 0.0689. The minimum Gasteiger partial charge on any atom is -0.476 e. The summed E-state index contributed by atoms with van der Waals surface area (Å²) in [7, 11) is 0. The molecule has 15 heavy (non-hydrogen) atoms. The Morgan fingerprint density at radius 1 is 1.53 bits per heavy atom. The van der Waals surface area contributed by atoms with E-state index in [0.717, 1.165) is 18.5 Å². The van der Waals surface area contributed by atoms with Crippen LogP contribution in [0, 0.1) is 5.92 Å². The van der Waals surface area contributed by atoms with E-state index >= 15 is 0 Å². The zero-order valence-electron chi connectivity index (χ0n) is 9.40. The molecule has 1 N–H and O–H groups in total. The zero-order valence-corrected chi connectivity index (χ0v) is 9.40. The molecule has 5 nitrogen and oxygen atoms in total. The van der Waals surface area contributed by atoms with Gasteiger partial charge in [0.1, 0.15) is 0 Å². The van der Waals surface area contributed by atoms with Crippen LogP contribution in [0.5, 0.6) is 0 Å². The Hall–Kier alpha value is -1.39. The summed E-state index contributed by atoms with van der Waals surface area (Å²) in [5.74, 6) is -0.444. The van der Waals surface area contributed by atoms with Gasteiger partial charge in [0.25, 0.3) is 0 Å². The highest BCUT2D eigenvalue weighted by molar-refractivity contribution is 5.86. The third-order valence-corrected chi connectivity index (χ3v) is 2.30. The van der Waals surface area contributed by atoms with Gasteiger partial charge in [-0.3, -0.25) is 0 Å². The summed E-state index contributed by atoms with van der Waals surface area (Å²) in [6.45, 7) is 6.81. The number of hydrogen-bond acceptors (Lipinski definition) is 3. The fourth-order valence-electron chi connectivity index (χ4n) is 1.43. The van der Waals surface area contributed by atoms with Gasteiger partial charge < -0.3 is 5.11 Å². The van der Waals surface area contributed by atoms with Gasteiger partial charge in [-0.25, -0.2) is 9.48 Å². The van der Waals surface area contributed by atoms with Crippen molar-refractivity contribution in [3.05, 3.63) is 11.4 Å². The van der Waals surface area contributed by atoms with E-state index in [2.05, 4.69) is 24.2 Å². The van der Waals surface area contributed by atoms with Gasteiger partial charge >= 0.3 is 5.97 Å². The summed E-state index contributed by atoms with van der Waals surface area (Å²) in [4.78, 5) is 10.9. The predicted molar refractivity (Wildman–Crippen MR) is 55.8 cm³/mol. The van der Waals surface area contributed by atoms with Crippen LogP contribution in [0.15, 0.2) is 0 Å². The second-order valence-electron chi connectivity index (χ2n) is 3.94. The summed E-state index contributed by atoms with van der Waals surface area (Å²) < 4.78 is 1.66. The molecular formula is C10H17N3O2. The molecule has 0 aliphatic carbocycles. The van der Waals surface area contributed by atoms with Crippen LogP contribution in [0.1, 0.15) is 43.4 Å². The van der Waals surface area contributed by atoms with E-state index in [1.165, 1.54) is 0 Å². The first-order valence-corrected chi connectivity index (χ1v) is 5.21. The molecule has 0 saturated carbocycles. The number of aryl methyl sites for hydroxylation is 1. The van der Waals surface area contributed by atoms with Crippen LogP contribution in [0.3, 0.4) is 0 Å². The lowest BCUT2D eigenvalue weighted by atomic mass is 10.1. The average molecular weight is 211 g/mol. The summed E-state index contributed by atoms with van der Waals surface area (Å²) in [5.41, 5.74) is 0.830. The van der Waals surface area contributed by atoms with E-state index in [1.54, 1.807) is 4.68 Å². The molecule has 0 fully saturated rings. The van der Waals surface area contributed by atoms with Gasteiger partial charge in [0, 0.05) is 6.54 Å². The second-order valence-corrected chi connectivity index (χ2v) is 3.94. The zero-order chi connectivity index (χ0) is 11.4. The topological polar surface area (TPSA) is 68.0 Å². The standard InChI is InChI=1S/C10H17N3O2/c1-4-13-8(6-5-7(2)3)9(10(14)15)11-12-13/h7H,4-6H2,1-3H3,(H,14,15). The monoisotopic (exact) mass is 211 g/mol. The molecule has 0 saturated heterocycles. The maximum absolute atomic E-state index is 10.9. The normalized spacial score (nSPS) is 10.9. The molecule has 0 aliphatic heterocycles. The Morgan fingerprint density at radius 3 is 2.67 bits per heavy atom. The third kappa shape index (κ3) is 2.78. The Balaban J connectivity index is 2.90. The van der Waals surface area contributed by atoms with Gasteiger partial charge in [-0.2, -0.15) is 0 Å². The molecular weight excluding hydrogens is 194 g/mol. The second kappa shape index (κ2) is 4.91. The van der Waals surface area contributed by atoms with Crippen molar-refractivity contribution in [3.63, 3.8) is 0 Å². The van der Waals surface area contributed by atoms with Gasteiger partial charge in [-0.05, 0) is 25.7 Å². The summed E-state index contributed by atoms with van der Waals surface area (Å²) in [6, 6.07) is 0. The van der Waals surface area contributed by atoms with E-state index in [9.17, 15) is 4.79 Å². The number of rotatable bonds is 5. The van der Waals surface area contributed by atoms with Crippen molar-refractivity contribution < 1.29 is 9.90 Å². The van der Waals surface area contributed by atoms with Gasteiger partial charge in [0.2, 0.25) is 0 Å². The summed E-state index contributed by atoms with van der Waals surface area (Å²) >= 11 is 0. The highest BCUT2D eigenvalue weighted by Gasteiger charge is 2.17. The number of carboxylic acid groups (broad SMARTS) is 1. The van der Waals surface area contributed by atoms with Gasteiger partial charge in [0.05, 0.1) is 5.69 Å². The van der Waals surface area contributed by atoms with Crippen LogP contribution in [-0.4, -0.2) is 26.1 Å². The van der Waals surface area contributed by atoms with E-state index in [4.69, 9.17) is 5.11 Å². The first kappa shape index (κ1) is 11.7. The number of carbonyl (C=O) groups is 1. The van der Waals surface area contributed by atoms with E-state index in [0.29, 0.717) is 12.5 Å². The molecule has 0 aliphatic rings. The van der Waals surface area contributed by atoms with Crippen molar-refractivity contribution in [1.82, 2.24) is 15.0 Å². The molecule has 0 radical (unpaired) electrons. The highest BCUT2D eigenvalue weighted by atomic mass is 16.4. The first-order chi connectivity index (χ1) is 7.06. The van der Waals surface area contributed by atoms with Crippen LogP contribution in [0.2, 0.25) is 0 Å². The van der Waals surface area contributed by atoms with Crippen molar-refractivity contribution >= 4 is 5.97 Å². The summed E-state index contributed by atoms with van der Waals surface area (Å²) in [5, 5.41) is 16.4. The average Bonchev–Trinajstić information content (AvgIpc) is 2.57. The van der Waals surface area contributed by atoms with Crippen LogP contribution in [0.25, 0.3) is 0 Å². The quantitative estimate of drug-likeness (QED) is 0.803. The molecule has 0 aromatic carbocycles. The Morgan fingerprint density at radius 2 is 2.20 bits per heavy atom. The Bertz CT molecular complexity index is 344. The molecule has 1 aromatic heterocycles. The number of aromatic carboxylic acids is 1. The van der Waals surface area contributed by atoms with Crippen molar-refractivity contribution in [2.45, 2.75) is 40.2 Å². The largest absolute Gasteiger partial charge is 0.476 e. The third-order valence-electron chi connectivity index (χ3n) is 2.30. The number of carboxylic acids is 1. The van der Waals surface area contributed by atoms with Gasteiger partial charge in [0.15, 0.2) is 5.69 Å². The van der Waals surface area contributed by atoms with Crippen molar-refractivity contribution in [1.29, 1.82) is 0 Å². The Kier molecular flexibility index (Phi) is 3.82. The molecule has 0 spiro atoms. The lowest BCUT2D eigenvalue weighted by Gasteiger charge is -2.06. The van der Waals surface area contributed by atoms with E-state index in [-0.39, 0.29) is 5.69 Å². The van der Waals surface area contributed by atoms with E-state index < -0.39 is 5.97 Å². The molecule has 1 rings (SSSR count). The van der Waals surface area contributed by atoms with Crippen LogP contribution in [0.4, 0.5) is 0 Å². The lowest BCUT2D eigenvalue weighted by Crippen LogP contribution is -2.08. The predicted octanol–water partition coefficient (Wildman–Crippen LogP) is 1.58. The van der Waals surface area contributed by atoms with Gasteiger partial charge in [-0.1, -0.05) is 19.1 Å². The van der Waals surface area contributed by atoms with Gasteiger partial charge in [-0.15, -0.1) is 5.10 Å². The molecule has 0 bridgehead atoms. The highest BCUT2D eigenvalue weighted by Crippen LogP contribution is 2.12. The fourth-order valence-corrected chi connectivity index (χ4v) is 1.43. The minimum atomic E-state index is -0.992. The molecule has 0 amide bonds. The number of nitrogens with zero attached hydrogens (tertiary/aromatic N) is 3. The first-order valence-electron chi connectivity index (χ1n) is 5.21. The minimum absolute atomic E-state index is 0.0949. The molecule has 0 unspecified atom stereocenters. The smallest absolute Gasteiger partial charge is 0.358 e. The van der Waals surface area contributed by atoms with Crippen LogP contribution in [-0.2, 0) is 13.0 Å². The molecule has 84 valence electrons. The molecule has 5 heteroatoms. The fraction of sp³-hybridized carbons (Fsp3) is 0.700. The van der Waals surface area contributed by atoms with Crippen LogP contribution >= 0.6 is 0 Å². The van der Waals surface area contributed by atoms with Crippen molar-refractivity contribution in [2.75, 3.05) is 0 Å². The molecule has 0 atom stereocenters.